The van der Waals surface area contributed by atoms with Gasteiger partial charge in [-0.3, -0.25) is 4.79 Å². The number of carbonyl (C=O) groups is 1. The van der Waals surface area contributed by atoms with E-state index in [1.54, 1.807) is 6.92 Å². The van der Waals surface area contributed by atoms with Gasteiger partial charge in [-0.05, 0) is 12.8 Å². The highest BCUT2D eigenvalue weighted by molar-refractivity contribution is 7.92. The Kier molecular flexibility index (Phi) is 7.34. The smallest absolute Gasteiger partial charge is 0.235 e. The van der Waals surface area contributed by atoms with E-state index in [1.165, 1.54) is 7.05 Å². The van der Waals surface area contributed by atoms with E-state index in [9.17, 15) is 13.2 Å². The number of rotatable bonds is 8. The summed E-state index contributed by atoms with van der Waals surface area (Å²) in [6.45, 7) is 3.61. The predicted molar refractivity (Wildman–Crippen MR) is 75.7 cm³/mol. The molecule has 3 N–H and O–H groups in total. The third-order valence-electron chi connectivity index (χ3n) is 2.48. The molecule has 0 radical (unpaired) electrons. The first-order valence-corrected chi connectivity index (χ1v) is 7.71. The Morgan fingerprint density at radius 2 is 2.00 bits per heavy atom. The Labute approximate surface area is 114 Å². The fraction of sp³-hybridized carbons (Fsp3) is 0.800. The van der Waals surface area contributed by atoms with Crippen LogP contribution in [0.4, 0.5) is 0 Å². The van der Waals surface area contributed by atoms with Gasteiger partial charge in [0.05, 0.1) is 11.5 Å². The van der Waals surface area contributed by atoms with Gasteiger partial charge in [-0.2, -0.15) is 4.31 Å². The summed E-state index contributed by atoms with van der Waals surface area (Å²) in [7, 11) is -2.21. The maximum Gasteiger partial charge on any atom is 0.235 e. The molecule has 1 unspecified atom stereocenters. The number of thiocarbonyl (C=S) groups is 1. The van der Waals surface area contributed by atoms with Crippen molar-refractivity contribution in [1.82, 2.24) is 9.62 Å². The van der Waals surface area contributed by atoms with Gasteiger partial charge in [0.15, 0.2) is 0 Å². The maximum absolute atomic E-state index is 12.3. The summed E-state index contributed by atoms with van der Waals surface area (Å²) in [5.74, 6) is -0.357. The van der Waals surface area contributed by atoms with E-state index in [1.807, 2.05) is 6.92 Å². The van der Waals surface area contributed by atoms with Gasteiger partial charge in [-0.25, -0.2) is 8.42 Å². The molecular formula is C10H21N3O3S2. The molecule has 6 nitrogen and oxygen atoms in total. The molecule has 0 aromatic heterocycles. The van der Waals surface area contributed by atoms with Crippen LogP contribution < -0.4 is 11.1 Å². The van der Waals surface area contributed by atoms with Crippen LogP contribution in [0.5, 0.6) is 0 Å². The van der Waals surface area contributed by atoms with E-state index in [-0.39, 0.29) is 24.0 Å². The highest BCUT2D eigenvalue weighted by Gasteiger charge is 2.33. The van der Waals surface area contributed by atoms with Gasteiger partial charge in [-0.1, -0.05) is 26.1 Å². The maximum atomic E-state index is 12.3. The molecule has 0 fully saturated rings. The van der Waals surface area contributed by atoms with Gasteiger partial charge < -0.3 is 11.1 Å². The first-order chi connectivity index (χ1) is 8.31. The number of nitrogens with two attached hydrogens (primary N) is 1. The molecule has 0 aliphatic carbocycles. The van der Waals surface area contributed by atoms with E-state index in [0.29, 0.717) is 12.8 Å². The summed E-state index contributed by atoms with van der Waals surface area (Å²) < 4.78 is 25.8. The lowest BCUT2D eigenvalue weighted by Gasteiger charge is -2.25. The van der Waals surface area contributed by atoms with Crippen molar-refractivity contribution in [1.29, 1.82) is 0 Å². The second-order valence-corrected chi connectivity index (χ2v) is 6.44. The Morgan fingerprint density at radius 1 is 1.44 bits per heavy atom. The van der Waals surface area contributed by atoms with E-state index in [4.69, 9.17) is 18.0 Å². The zero-order valence-corrected chi connectivity index (χ0v) is 12.6. The van der Waals surface area contributed by atoms with Gasteiger partial charge in [0, 0.05) is 13.6 Å². The molecule has 0 spiro atoms. The first kappa shape index (κ1) is 17.3. The molecule has 0 bridgehead atoms. The van der Waals surface area contributed by atoms with Crippen LogP contribution in [-0.2, 0) is 14.8 Å². The average molecular weight is 295 g/mol. The van der Waals surface area contributed by atoms with Crippen molar-refractivity contribution in [3.05, 3.63) is 0 Å². The van der Waals surface area contributed by atoms with Crippen molar-refractivity contribution in [3.8, 4) is 0 Å². The first-order valence-electron chi connectivity index (χ1n) is 5.80. The molecular weight excluding hydrogens is 274 g/mol. The number of hydrogen-bond donors (Lipinski definition) is 2. The minimum atomic E-state index is -3.67. The molecule has 0 aromatic carbocycles. The van der Waals surface area contributed by atoms with Crippen LogP contribution in [-0.4, -0.2) is 49.0 Å². The molecule has 0 aromatic rings. The fourth-order valence-corrected chi connectivity index (χ4v) is 3.86. The lowest BCUT2D eigenvalue weighted by Crippen LogP contribution is -2.47. The minimum absolute atomic E-state index is 0.0597. The lowest BCUT2D eigenvalue weighted by atomic mass is 10.3. The van der Waals surface area contributed by atoms with Gasteiger partial charge in [0.25, 0.3) is 0 Å². The van der Waals surface area contributed by atoms with Crippen molar-refractivity contribution < 1.29 is 13.2 Å². The molecule has 0 heterocycles. The second kappa shape index (κ2) is 7.65. The normalized spacial score (nSPS) is 13.3. The molecule has 0 saturated heterocycles. The Hall–Kier alpha value is -0.730. The molecule has 0 aliphatic heterocycles. The zero-order chi connectivity index (χ0) is 14.3. The number of sulfonamides is 1. The minimum Gasteiger partial charge on any atom is -0.392 e. The zero-order valence-electron chi connectivity index (χ0n) is 11.0. The highest BCUT2D eigenvalue weighted by Crippen LogP contribution is 2.13. The Balaban J connectivity index is 5.19. The monoisotopic (exact) mass is 295 g/mol. The predicted octanol–water partition coefficient (Wildman–Crippen LogP) is -0.161. The average Bonchev–Trinajstić information content (AvgIpc) is 2.28. The molecule has 1 atom stereocenters. The summed E-state index contributed by atoms with van der Waals surface area (Å²) >= 11 is 4.78. The van der Waals surface area contributed by atoms with Crippen molar-refractivity contribution in [2.45, 2.75) is 31.9 Å². The lowest BCUT2D eigenvalue weighted by molar-refractivity contribution is -0.120. The number of carbonyl (C=O) groups excluding carboxylic acids is 1. The Morgan fingerprint density at radius 3 is 2.33 bits per heavy atom. The standard InChI is InChI=1S/C10H21N3O3S2/c1-4-6-13(7-9(14)12-3)18(15,16)8(5-2)10(11)17/h8H,4-7H2,1-3H3,(H2,11,17)(H,12,14). The number of nitrogens with zero attached hydrogens (tertiary/aromatic N) is 1. The number of hydrogen-bond acceptors (Lipinski definition) is 4. The van der Waals surface area contributed by atoms with Crippen LogP contribution in [0.25, 0.3) is 0 Å². The highest BCUT2D eigenvalue weighted by atomic mass is 32.2. The topological polar surface area (TPSA) is 92.5 Å². The van der Waals surface area contributed by atoms with E-state index < -0.39 is 15.3 Å². The number of amides is 1. The summed E-state index contributed by atoms with van der Waals surface area (Å²) in [4.78, 5) is 11.3. The van der Waals surface area contributed by atoms with Crippen molar-refractivity contribution in [2.75, 3.05) is 20.1 Å². The number of nitrogens with one attached hydrogen (secondary N) is 1. The van der Waals surface area contributed by atoms with E-state index >= 15 is 0 Å². The third-order valence-corrected chi connectivity index (χ3v) is 5.25. The summed E-state index contributed by atoms with van der Waals surface area (Å²) in [6, 6.07) is 0. The quantitative estimate of drug-likeness (QED) is 0.607. The molecule has 0 aliphatic rings. The molecule has 106 valence electrons. The second-order valence-electron chi connectivity index (χ2n) is 3.85. The largest absolute Gasteiger partial charge is 0.392 e. The third kappa shape index (κ3) is 4.51. The van der Waals surface area contributed by atoms with E-state index in [0.717, 1.165) is 4.31 Å². The molecule has 0 saturated carbocycles. The summed E-state index contributed by atoms with van der Waals surface area (Å²) in [6.07, 6.45) is 0.912. The van der Waals surface area contributed by atoms with Crippen molar-refractivity contribution in [3.63, 3.8) is 0 Å². The van der Waals surface area contributed by atoms with Crippen LogP contribution in [0.2, 0.25) is 0 Å². The van der Waals surface area contributed by atoms with Crippen molar-refractivity contribution >= 4 is 33.1 Å². The Bertz CT molecular complexity index is 395. The van der Waals surface area contributed by atoms with E-state index in [2.05, 4.69) is 5.32 Å². The molecule has 1 amide bonds. The van der Waals surface area contributed by atoms with Crippen LogP contribution in [0.1, 0.15) is 26.7 Å². The van der Waals surface area contributed by atoms with Crippen molar-refractivity contribution in [2.24, 2.45) is 5.73 Å². The SMILES string of the molecule is CCCN(CC(=O)NC)S(=O)(=O)C(CC)C(N)=S. The van der Waals surface area contributed by atoms with Gasteiger partial charge in [0.1, 0.15) is 5.25 Å². The fourth-order valence-electron chi connectivity index (χ4n) is 1.52. The van der Waals surface area contributed by atoms with Crippen LogP contribution in [0.15, 0.2) is 0 Å². The summed E-state index contributed by atoms with van der Waals surface area (Å²) in [5, 5.41) is 1.49. The van der Waals surface area contributed by atoms with Crippen LogP contribution in [0.3, 0.4) is 0 Å². The van der Waals surface area contributed by atoms with Gasteiger partial charge in [-0.15, -0.1) is 0 Å². The van der Waals surface area contributed by atoms with Gasteiger partial charge in [0.2, 0.25) is 15.9 Å². The molecule has 8 heteroatoms. The summed E-state index contributed by atoms with van der Waals surface area (Å²) in [5.41, 5.74) is 5.46. The van der Waals surface area contributed by atoms with Crippen LogP contribution >= 0.6 is 12.2 Å². The molecule has 0 rings (SSSR count). The van der Waals surface area contributed by atoms with Crippen LogP contribution in [0, 0.1) is 0 Å². The van der Waals surface area contributed by atoms with Gasteiger partial charge >= 0.3 is 0 Å². The molecule has 18 heavy (non-hydrogen) atoms. The number of likely N-dealkylation sites (N-methyl/N-ethyl adjacent to an activating group) is 1.